The van der Waals surface area contributed by atoms with E-state index in [0.29, 0.717) is 12.0 Å². The van der Waals surface area contributed by atoms with Crippen LogP contribution in [0.2, 0.25) is 0 Å². The summed E-state index contributed by atoms with van der Waals surface area (Å²) in [5.74, 6) is -2.32. The van der Waals surface area contributed by atoms with Gasteiger partial charge in [0.05, 0.1) is 17.2 Å². The first kappa shape index (κ1) is 22.4. The highest BCUT2D eigenvalue weighted by Gasteiger charge is 2.53. The van der Waals surface area contributed by atoms with Gasteiger partial charge in [-0.05, 0) is 47.5 Å². The summed E-state index contributed by atoms with van der Waals surface area (Å²) in [5.41, 5.74) is -0.750. The molecule has 2 aliphatic rings. The van der Waals surface area contributed by atoms with Gasteiger partial charge in [-0.2, -0.15) is 0 Å². The molecule has 2 aromatic rings. The van der Waals surface area contributed by atoms with Crippen LogP contribution in [-0.2, 0) is 10.3 Å². The molecule has 1 saturated heterocycles. The third-order valence-corrected chi connectivity index (χ3v) is 7.47. The molecule has 31 heavy (non-hydrogen) atoms. The van der Waals surface area contributed by atoms with E-state index in [0.717, 1.165) is 17.8 Å². The molecule has 0 aliphatic carbocycles. The van der Waals surface area contributed by atoms with Crippen molar-refractivity contribution >= 4 is 38.8 Å². The summed E-state index contributed by atoms with van der Waals surface area (Å²) in [4.78, 5) is 17.4. The van der Waals surface area contributed by atoms with Crippen molar-refractivity contribution in [3.63, 3.8) is 0 Å². The molecular weight excluding hydrogens is 493 g/mol. The summed E-state index contributed by atoms with van der Waals surface area (Å²) < 4.78 is 49.0. The smallest absolute Gasteiger partial charge is 0.257 e. The van der Waals surface area contributed by atoms with Gasteiger partial charge in [0.1, 0.15) is 23.8 Å². The van der Waals surface area contributed by atoms with Gasteiger partial charge in [-0.15, -0.1) is 0 Å². The third-order valence-electron chi connectivity index (χ3n) is 5.68. The second-order valence-corrected chi connectivity index (χ2v) is 9.76. The van der Waals surface area contributed by atoms with Crippen LogP contribution in [0.1, 0.15) is 29.3 Å². The van der Waals surface area contributed by atoms with Crippen LogP contribution in [-0.4, -0.2) is 35.7 Å². The summed E-state index contributed by atoms with van der Waals surface area (Å²) in [7, 11) is 0. The lowest BCUT2D eigenvalue weighted by molar-refractivity contribution is -0.0558. The maximum Gasteiger partial charge on any atom is 0.257 e. The Hall–Kier alpha value is -1.84. The molecule has 9 heteroatoms. The number of carbonyl (C=O) groups is 1. The first-order valence-corrected chi connectivity index (χ1v) is 11.5. The second-order valence-electron chi connectivity index (χ2n) is 7.68. The molecule has 2 aliphatic heterocycles. The molecule has 2 heterocycles. The Morgan fingerprint density at radius 3 is 2.74 bits per heavy atom. The summed E-state index contributed by atoms with van der Waals surface area (Å²) in [6.45, 7) is 1.18. The number of carbonyl (C=O) groups excluding carboxylic acids is 1. The van der Waals surface area contributed by atoms with Crippen LogP contribution in [0.3, 0.4) is 0 Å². The number of halogens is 4. The summed E-state index contributed by atoms with van der Waals surface area (Å²) in [6.07, 6.45) is 0.301. The Balaban J connectivity index is 1.80. The SMILES string of the molecule is C[C@H]1C[C@H]2[C@@H](CF)SC(NC(=O)c3ccccc3)=N[C@@]2(c2cc(Br)c(F)cc2F)CO1. The fraction of sp³-hybridized carbons (Fsp3) is 0.364. The van der Waals surface area contributed by atoms with Gasteiger partial charge in [-0.3, -0.25) is 4.79 Å². The van der Waals surface area contributed by atoms with Crippen molar-refractivity contribution in [1.29, 1.82) is 0 Å². The van der Waals surface area contributed by atoms with Crippen LogP contribution >= 0.6 is 27.7 Å². The first-order chi connectivity index (χ1) is 14.8. The van der Waals surface area contributed by atoms with Gasteiger partial charge in [0.25, 0.3) is 5.91 Å². The third kappa shape index (κ3) is 4.27. The lowest BCUT2D eigenvalue weighted by Gasteiger charge is -2.49. The number of ether oxygens (including phenoxy) is 1. The molecule has 164 valence electrons. The van der Waals surface area contributed by atoms with E-state index in [1.165, 1.54) is 6.07 Å². The Morgan fingerprint density at radius 1 is 1.29 bits per heavy atom. The van der Waals surface area contributed by atoms with Gasteiger partial charge in [-0.25, -0.2) is 18.2 Å². The number of nitrogens with one attached hydrogen (secondary N) is 1. The van der Waals surface area contributed by atoms with E-state index in [-0.39, 0.29) is 27.9 Å². The van der Waals surface area contributed by atoms with E-state index < -0.39 is 40.9 Å². The number of alkyl halides is 1. The molecule has 1 fully saturated rings. The lowest BCUT2D eigenvalue weighted by atomic mass is 9.72. The van der Waals surface area contributed by atoms with Gasteiger partial charge in [0.15, 0.2) is 5.17 Å². The molecule has 0 unspecified atom stereocenters. The number of amidine groups is 1. The fourth-order valence-corrected chi connectivity index (χ4v) is 5.71. The van der Waals surface area contributed by atoms with Crippen molar-refractivity contribution < 1.29 is 22.7 Å². The average molecular weight is 513 g/mol. The zero-order valence-corrected chi connectivity index (χ0v) is 19.0. The van der Waals surface area contributed by atoms with Crippen molar-refractivity contribution in [2.75, 3.05) is 13.3 Å². The van der Waals surface area contributed by atoms with Crippen LogP contribution in [0, 0.1) is 17.6 Å². The molecule has 0 radical (unpaired) electrons. The highest BCUT2D eigenvalue weighted by molar-refractivity contribution is 9.10. The highest BCUT2D eigenvalue weighted by Crippen LogP contribution is 2.50. The monoisotopic (exact) mass is 512 g/mol. The predicted molar refractivity (Wildman–Crippen MR) is 118 cm³/mol. The number of amides is 1. The van der Waals surface area contributed by atoms with Gasteiger partial charge >= 0.3 is 0 Å². The molecule has 1 amide bonds. The minimum Gasteiger partial charge on any atom is -0.376 e. The Morgan fingerprint density at radius 2 is 2.03 bits per heavy atom. The summed E-state index contributed by atoms with van der Waals surface area (Å²) in [5, 5.41) is 2.34. The number of rotatable bonds is 3. The van der Waals surface area contributed by atoms with Crippen molar-refractivity contribution in [3.05, 3.63) is 69.7 Å². The van der Waals surface area contributed by atoms with E-state index in [1.54, 1.807) is 30.3 Å². The van der Waals surface area contributed by atoms with Crippen LogP contribution in [0.25, 0.3) is 0 Å². The zero-order valence-electron chi connectivity index (χ0n) is 16.6. The number of nitrogens with zero attached hydrogens (tertiary/aromatic N) is 1. The number of hydrogen-bond donors (Lipinski definition) is 1. The normalized spacial score (nSPS) is 27.9. The fourth-order valence-electron chi connectivity index (χ4n) is 4.15. The van der Waals surface area contributed by atoms with Crippen molar-refractivity contribution in [3.8, 4) is 0 Å². The summed E-state index contributed by atoms with van der Waals surface area (Å²) in [6, 6.07) is 10.7. The Labute approximate surface area is 190 Å². The lowest BCUT2D eigenvalue weighted by Crippen LogP contribution is -2.54. The van der Waals surface area contributed by atoms with E-state index in [9.17, 15) is 18.0 Å². The van der Waals surface area contributed by atoms with E-state index in [2.05, 4.69) is 21.2 Å². The number of aliphatic imine (C=N–C) groups is 1. The average Bonchev–Trinajstić information content (AvgIpc) is 2.76. The molecule has 0 spiro atoms. The zero-order chi connectivity index (χ0) is 22.2. The molecule has 2 aromatic carbocycles. The molecule has 4 atom stereocenters. The molecule has 1 N–H and O–H groups in total. The topological polar surface area (TPSA) is 50.7 Å². The van der Waals surface area contributed by atoms with Gasteiger partial charge in [0, 0.05) is 28.4 Å². The van der Waals surface area contributed by atoms with Gasteiger partial charge in [0.2, 0.25) is 0 Å². The summed E-state index contributed by atoms with van der Waals surface area (Å²) >= 11 is 4.24. The molecular formula is C22H20BrF3N2O2S. The number of hydrogen-bond acceptors (Lipinski definition) is 4. The van der Waals surface area contributed by atoms with Gasteiger partial charge in [-0.1, -0.05) is 30.0 Å². The largest absolute Gasteiger partial charge is 0.376 e. The predicted octanol–water partition coefficient (Wildman–Crippen LogP) is 5.22. The van der Waals surface area contributed by atoms with E-state index in [1.807, 2.05) is 6.92 Å². The first-order valence-electron chi connectivity index (χ1n) is 9.79. The molecule has 0 aromatic heterocycles. The Bertz CT molecular complexity index is 1020. The molecule has 4 nitrogen and oxygen atoms in total. The quantitative estimate of drug-likeness (QED) is 0.573. The minimum absolute atomic E-state index is 0.00437. The van der Waals surface area contributed by atoms with Crippen molar-refractivity contribution in [2.24, 2.45) is 10.9 Å². The maximum atomic E-state index is 15.0. The van der Waals surface area contributed by atoms with Crippen molar-refractivity contribution in [2.45, 2.75) is 30.2 Å². The number of benzene rings is 2. The Kier molecular flexibility index (Phi) is 6.46. The molecule has 4 rings (SSSR count). The van der Waals surface area contributed by atoms with Crippen LogP contribution in [0.4, 0.5) is 13.2 Å². The maximum absolute atomic E-state index is 15.0. The molecule has 0 bridgehead atoms. The number of thioether (sulfide) groups is 1. The van der Waals surface area contributed by atoms with Gasteiger partial charge < -0.3 is 10.1 Å². The second kappa shape index (κ2) is 8.96. The van der Waals surface area contributed by atoms with Crippen LogP contribution in [0.5, 0.6) is 0 Å². The van der Waals surface area contributed by atoms with Crippen LogP contribution in [0.15, 0.2) is 51.9 Å². The van der Waals surface area contributed by atoms with Crippen molar-refractivity contribution in [1.82, 2.24) is 5.32 Å². The van der Waals surface area contributed by atoms with E-state index in [4.69, 9.17) is 9.73 Å². The number of fused-ring (bicyclic) bond motifs is 1. The van der Waals surface area contributed by atoms with Crippen LogP contribution < -0.4 is 5.32 Å². The molecule has 0 saturated carbocycles. The highest BCUT2D eigenvalue weighted by atomic mass is 79.9. The standard InChI is InChI=1S/C22H20BrF3N2O2S/c1-12-7-15-19(10-24)31-21(27-20(29)13-5-3-2-4-6-13)28-22(15,11-30-12)14-8-16(23)18(26)9-17(14)25/h2-6,8-9,12,15,19H,7,10-11H2,1H3,(H,27,28,29)/t12-,15-,19+,22+/m0/s1. The van der Waals surface area contributed by atoms with E-state index >= 15 is 0 Å². The minimum atomic E-state index is -1.28.